The Bertz CT molecular complexity index is 479. The maximum atomic E-state index is 11.9. The number of esters is 2. The van der Waals surface area contributed by atoms with Gasteiger partial charge in [-0.15, -0.1) is 0 Å². The van der Waals surface area contributed by atoms with Gasteiger partial charge in [-0.05, 0) is 66.2 Å². The van der Waals surface area contributed by atoms with Crippen molar-refractivity contribution in [3.63, 3.8) is 0 Å². The zero-order valence-electron chi connectivity index (χ0n) is 16.6. The van der Waals surface area contributed by atoms with Gasteiger partial charge in [0.15, 0.2) is 0 Å². The van der Waals surface area contributed by atoms with Crippen LogP contribution >= 0.6 is 0 Å². The van der Waals surface area contributed by atoms with Crippen molar-refractivity contribution in [2.45, 2.75) is 103 Å². The summed E-state index contributed by atoms with van der Waals surface area (Å²) in [5.74, 6) is -0.561. The number of nitrogens with zero attached hydrogens (tertiary/aromatic N) is 2. The third kappa shape index (κ3) is 13.2. The molecule has 0 aromatic rings. The van der Waals surface area contributed by atoms with Gasteiger partial charge in [0.1, 0.15) is 11.2 Å². The molecule has 0 unspecified atom stereocenters. The summed E-state index contributed by atoms with van der Waals surface area (Å²) in [6.45, 7) is 7.37. The van der Waals surface area contributed by atoms with Crippen molar-refractivity contribution in [1.82, 2.24) is 0 Å². The second-order valence-corrected chi connectivity index (χ2v) is 7.70. The Labute approximate surface area is 157 Å². The van der Waals surface area contributed by atoms with Gasteiger partial charge < -0.3 is 9.47 Å². The Morgan fingerprint density at radius 1 is 0.731 bits per heavy atom. The summed E-state index contributed by atoms with van der Waals surface area (Å²) in [6.07, 6.45) is 5.28. The molecule has 0 aliphatic carbocycles. The van der Waals surface area contributed by atoms with E-state index >= 15 is 0 Å². The Hall–Kier alpha value is -2.08. The van der Waals surface area contributed by atoms with Crippen LogP contribution in [0.3, 0.4) is 0 Å². The largest absolute Gasteiger partial charge is 0.460 e. The van der Waals surface area contributed by atoms with Crippen LogP contribution in [0.15, 0.2) is 0 Å². The molecule has 6 heteroatoms. The van der Waals surface area contributed by atoms with Crippen molar-refractivity contribution in [2.75, 3.05) is 0 Å². The number of carbonyl (C=O) groups excluding carboxylic acids is 2. The molecule has 146 valence electrons. The summed E-state index contributed by atoms with van der Waals surface area (Å²) < 4.78 is 10.9. The highest BCUT2D eigenvalue weighted by atomic mass is 16.6. The molecule has 0 N–H and O–H groups in total. The van der Waals surface area contributed by atoms with Crippen molar-refractivity contribution in [3.05, 3.63) is 0 Å². The second-order valence-electron chi connectivity index (χ2n) is 7.70. The minimum Gasteiger partial charge on any atom is -0.460 e. The minimum atomic E-state index is -0.569. The summed E-state index contributed by atoms with van der Waals surface area (Å²) in [5.41, 5.74) is -1.14. The summed E-state index contributed by atoms with van der Waals surface area (Å²) in [6, 6.07) is 4.16. The highest BCUT2D eigenvalue weighted by molar-refractivity contribution is 5.71. The van der Waals surface area contributed by atoms with Crippen LogP contribution in [0, 0.1) is 22.7 Å². The molecule has 0 radical (unpaired) electrons. The third-order valence-electron chi connectivity index (χ3n) is 3.93. The van der Waals surface area contributed by atoms with Gasteiger partial charge in [0.25, 0.3) is 0 Å². The van der Waals surface area contributed by atoms with Crippen LogP contribution in [-0.4, -0.2) is 23.1 Å². The predicted molar refractivity (Wildman–Crippen MR) is 97.7 cm³/mol. The average Bonchev–Trinajstić information content (AvgIpc) is 2.51. The van der Waals surface area contributed by atoms with Crippen molar-refractivity contribution in [1.29, 1.82) is 10.5 Å². The molecule has 0 saturated heterocycles. The maximum Gasteiger partial charge on any atom is 0.306 e. The van der Waals surface area contributed by atoms with Gasteiger partial charge in [-0.2, -0.15) is 10.5 Å². The number of hydrogen-bond acceptors (Lipinski definition) is 6. The van der Waals surface area contributed by atoms with Crippen LogP contribution in [0.1, 0.15) is 91.9 Å². The van der Waals surface area contributed by atoms with Crippen LogP contribution in [-0.2, 0) is 19.1 Å². The SMILES string of the molecule is CC(C)(CCCC#N)OC(=O)CCCCC(=O)OC(C)(C)CCCC#N. The summed E-state index contributed by atoms with van der Waals surface area (Å²) in [7, 11) is 0. The lowest BCUT2D eigenvalue weighted by atomic mass is 10.0. The third-order valence-corrected chi connectivity index (χ3v) is 3.93. The standard InChI is InChI=1S/C20H32N2O4/c1-19(2,13-7-9-15-21)25-17(23)11-5-6-12-18(24)26-20(3,4)14-8-10-16-22/h5-14H2,1-4H3. The van der Waals surface area contributed by atoms with Crippen molar-refractivity contribution in [3.8, 4) is 12.1 Å². The first-order valence-electron chi connectivity index (χ1n) is 9.29. The van der Waals surface area contributed by atoms with E-state index in [0.29, 0.717) is 51.4 Å². The summed E-state index contributed by atoms with van der Waals surface area (Å²) >= 11 is 0. The molecule has 0 bridgehead atoms. The molecule has 0 fully saturated rings. The monoisotopic (exact) mass is 364 g/mol. The van der Waals surface area contributed by atoms with Gasteiger partial charge in [0.2, 0.25) is 0 Å². The number of unbranched alkanes of at least 4 members (excludes halogenated alkanes) is 3. The van der Waals surface area contributed by atoms with Crippen molar-refractivity contribution >= 4 is 11.9 Å². The van der Waals surface area contributed by atoms with Crippen LogP contribution in [0.25, 0.3) is 0 Å². The van der Waals surface area contributed by atoms with Gasteiger partial charge in [-0.3, -0.25) is 9.59 Å². The molecule has 0 rings (SSSR count). The Balaban J connectivity index is 3.97. The van der Waals surface area contributed by atoms with E-state index in [0.717, 1.165) is 0 Å². The molecule has 0 saturated carbocycles. The lowest BCUT2D eigenvalue weighted by Crippen LogP contribution is -2.28. The quantitative estimate of drug-likeness (QED) is 0.350. The number of rotatable bonds is 13. The summed E-state index contributed by atoms with van der Waals surface area (Å²) in [4.78, 5) is 23.8. The zero-order valence-corrected chi connectivity index (χ0v) is 16.6. The van der Waals surface area contributed by atoms with Gasteiger partial charge in [-0.25, -0.2) is 0 Å². The zero-order chi connectivity index (χ0) is 20.1. The van der Waals surface area contributed by atoms with E-state index in [1.165, 1.54) is 0 Å². The van der Waals surface area contributed by atoms with Gasteiger partial charge in [0.05, 0.1) is 12.1 Å². The number of nitriles is 2. The molecular weight excluding hydrogens is 332 g/mol. The fourth-order valence-electron chi connectivity index (χ4n) is 2.55. The summed E-state index contributed by atoms with van der Waals surface area (Å²) in [5, 5.41) is 17.1. The van der Waals surface area contributed by atoms with Crippen LogP contribution in [0.2, 0.25) is 0 Å². The Kier molecular flexibility index (Phi) is 11.3. The van der Waals surface area contributed by atoms with Crippen LogP contribution in [0.4, 0.5) is 0 Å². The molecule has 0 atom stereocenters. The first-order chi connectivity index (χ1) is 12.1. The maximum absolute atomic E-state index is 11.9. The lowest BCUT2D eigenvalue weighted by Gasteiger charge is -2.25. The minimum absolute atomic E-state index is 0.264. The van der Waals surface area contributed by atoms with E-state index < -0.39 is 11.2 Å². The fourth-order valence-corrected chi connectivity index (χ4v) is 2.55. The van der Waals surface area contributed by atoms with Gasteiger partial charge >= 0.3 is 11.9 Å². The van der Waals surface area contributed by atoms with E-state index in [4.69, 9.17) is 20.0 Å². The number of hydrogen-bond donors (Lipinski definition) is 0. The molecule has 0 aromatic carbocycles. The van der Waals surface area contributed by atoms with E-state index in [1.54, 1.807) is 0 Å². The highest BCUT2D eigenvalue weighted by Crippen LogP contribution is 2.21. The van der Waals surface area contributed by atoms with Crippen LogP contribution in [0.5, 0.6) is 0 Å². The first kappa shape index (κ1) is 23.9. The Morgan fingerprint density at radius 2 is 1.08 bits per heavy atom. The molecule has 0 heterocycles. The average molecular weight is 364 g/mol. The molecule has 0 aromatic heterocycles. The molecular formula is C20H32N2O4. The van der Waals surface area contributed by atoms with Crippen molar-refractivity contribution in [2.24, 2.45) is 0 Å². The lowest BCUT2D eigenvalue weighted by molar-refractivity contribution is -0.159. The van der Waals surface area contributed by atoms with E-state index in [2.05, 4.69) is 12.1 Å². The first-order valence-corrected chi connectivity index (χ1v) is 9.29. The van der Waals surface area contributed by atoms with Gasteiger partial charge in [0, 0.05) is 25.7 Å². The molecule has 0 amide bonds. The fraction of sp³-hybridized carbons (Fsp3) is 0.800. The topological polar surface area (TPSA) is 100 Å². The van der Waals surface area contributed by atoms with E-state index in [9.17, 15) is 9.59 Å². The van der Waals surface area contributed by atoms with E-state index in [1.807, 2.05) is 27.7 Å². The van der Waals surface area contributed by atoms with E-state index in [-0.39, 0.29) is 24.8 Å². The molecule has 0 spiro atoms. The van der Waals surface area contributed by atoms with Crippen LogP contribution < -0.4 is 0 Å². The molecule has 0 aliphatic heterocycles. The number of ether oxygens (including phenoxy) is 2. The highest BCUT2D eigenvalue weighted by Gasteiger charge is 2.23. The molecule has 26 heavy (non-hydrogen) atoms. The molecule has 6 nitrogen and oxygen atoms in total. The predicted octanol–water partition coefficient (Wildman–Crippen LogP) is 4.58. The smallest absolute Gasteiger partial charge is 0.306 e. The number of carbonyl (C=O) groups is 2. The normalized spacial score (nSPS) is 11.3. The molecule has 0 aliphatic rings. The Morgan fingerprint density at radius 3 is 1.38 bits per heavy atom. The van der Waals surface area contributed by atoms with Crippen molar-refractivity contribution < 1.29 is 19.1 Å². The van der Waals surface area contributed by atoms with Gasteiger partial charge in [-0.1, -0.05) is 0 Å². The second kappa shape index (κ2) is 12.3.